The molecule has 1 saturated heterocycles. The largest absolute Gasteiger partial charge is 0.423 e. The Hall–Kier alpha value is 0.321. The lowest BCUT2D eigenvalue weighted by atomic mass is 10.5. The van der Waals surface area contributed by atoms with E-state index in [4.69, 9.17) is 12.3 Å². The highest BCUT2D eigenvalue weighted by Crippen LogP contribution is 2.23. The minimum absolute atomic E-state index is 0.0250. The van der Waals surface area contributed by atoms with E-state index in [1.165, 1.54) is 0 Å². The van der Waals surface area contributed by atoms with Crippen molar-refractivity contribution in [1.29, 1.82) is 0 Å². The maximum Gasteiger partial charge on any atom is 0.389 e. The summed E-state index contributed by atoms with van der Waals surface area (Å²) in [7, 11) is -4.63. The van der Waals surface area contributed by atoms with Crippen molar-refractivity contribution in [2.24, 2.45) is 0 Å². The maximum atomic E-state index is 11.8. The van der Waals surface area contributed by atoms with Crippen LogP contribution in [0.25, 0.3) is 0 Å². The third-order valence-electron chi connectivity index (χ3n) is 1.56. The van der Waals surface area contributed by atoms with Crippen molar-refractivity contribution in [3.63, 3.8) is 0 Å². The smallest absolute Gasteiger partial charge is 0.389 e. The second kappa shape index (κ2) is 4.70. The highest BCUT2D eigenvalue weighted by atomic mass is 28.5. The van der Waals surface area contributed by atoms with E-state index in [1.54, 1.807) is 0 Å². The van der Waals surface area contributed by atoms with E-state index in [0.29, 0.717) is 0 Å². The van der Waals surface area contributed by atoms with Gasteiger partial charge in [-0.25, -0.2) is 0 Å². The molecule has 1 fully saturated rings. The number of hydrogen-bond donors (Lipinski definition) is 0. The molecule has 2 atom stereocenters. The van der Waals surface area contributed by atoms with E-state index in [1.807, 2.05) is 6.55 Å². The molecule has 1 rings (SSSR count). The van der Waals surface area contributed by atoms with E-state index in [9.17, 15) is 13.2 Å². The minimum Gasteiger partial charge on any atom is -0.423 e. The van der Waals surface area contributed by atoms with Crippen molar-refractivity contribution in [1.82, 2.24) is 0 Å². The van der Waals surface area contributed by atoms with Crippen LogP contribution in [0.1, 0.15) is 6.42 Å². The fourth-order valence-electron chi connectivity index (χ4n) is 0.936. The minimum atomic E-state index is -4.09. The average Bonchev–Trinajstić information content (AvgIpc) is 2.00. The van der Waals surface area contributed by atoms with Crippen LogP contribution in [-0.2, 0) is 12.3 Å². The Bertz CT molecular complexity index is 166. The van der Waals surface area contributed by atoms with Gasteiger partial charge in [-0.1, -0.05) is 0 Å². The predicted molar refractivity (Wildman–Crippen MR) is 47.4 cm³/mol. The van der Waals surface area contributed by atoms with Gasteiger partial charge in [0.05, 0.1) is 0 Å². The molecule has 0 amide bonds. The molecule has 1 aliphatic rings. The van der Waals surface area contributed by atoms with Crippen molar-refractivity contribution in [2.75, 3.05) is 0 Å². The second-order valence-corrected chi connectivity index (χ2v) is 9.30. The Morgan fingerprint density at radius 3 is 2.54 bits per heavy atom. The molecule has 9 heteroatoms. The van der Waals surface area contributed by atoms with E-state index in [0.717, 1.165) is 0 Å². The second-order valence-electron chi connectivity index (χ2n) is 2.74. The topological polar surface area (TPSA) is 27.7 Å². The van der Waals surface area contributed by atoms with Crippen molar-refractivity contribution in [2.45, 2.75) is 25.2 Å². The standard InChI is InChI=1S/C4H11F3O3Si3/c1-12-8-11-9-13(10-12)3-2-4(5,6)7/h12-13H,2-3,11H2,1H3. The first-order chi connectivity index (χ1) is 5.97. The Kier molecular flexibility index (Phi) is 4.12. The number of rotatable bonds is 2. The van der Waals surface area contributed by atoms with Gasteiger partial charge in [0, 0.05) is 6.42 Å². The van der Waals surface area contributed by atoms with Gasteiger partial charge in [-0.15, -0.1) is 0 Å². The highest BCUT2D eigenvalue weighted by Gasteiger charge is 2.32. The molecule has 0 aliphatic carbocycles. The van der Waals surface area contributed by atoms with E-state index < -0.39 is 41.2 Å². The highest BCUT2D eigenvalue weighted by molar-refractivity contribution is 6.67. The molecule has 1 aliphatic heterocycles. The van der Waals surface area contributed by atoms with Crippen LogP contribution in [0.15, 0.2) is 0 Å². The normalized spacial score (nSPS) is 32.3. The van der Waals surface area contributed by atoms with Crippen LogP contribution in [0.2, 0.25) is 12.6 Å². The lowest BCUT2D eigenvalue weighted by Gasteiger charge is -2.27. The zero-order chi connectivity index (χ0) is 9.90. The van der Waals surface area contributed by atoms with E-state index in [-0.39, 0.29) is 6.04 Å². The quantitative estimate of drug-likeness (QED) is 0.647. The van der Waals surface area contributed by atoms with Crippen molar-refractivity contribution < 1.29 is 25.5 Å². The number of halogens is 3. The zero-order valence-electron chi connectivity index (χ0n) is 7.13. The molecular formula is C4H11F3O3Si3. The molecule has 3 nitrogen and oxygen atoms in total. The molecule has 2 unspecified atom stereocenters. The third kappa shape index (κ3) is 4.93. The Balaban J connectivity index is 2.21. The molecule has 0 aromatic rings. The average molecular weight is 248 g/mol. The van der Waals surface area contributed by atoms with Crippen molar-refractivity contribution in [3.05, 3.63) is 0 Å². The summed E-state index contributed by atoms with van der Waals surface area (Å²) in [6, 6.07) is 0.0250. The van der Waals surface area contributed by atoms with Crippen LogP contribution in [-0.4, -0.2) is 34.8 Å². The molecular weight excluding hydrogens is 237 g/mol. The number of alkyl halides is 3. The monoisotopic (exact) mass is 248 g/mol. The van der Waals surface area contributed by atoms with Crippen LogP contribution >= 0.6 is 0 Å². The first-order valence-corrected chi connectivity index (χ1v) is 8.94. The zero-order valence-corrected chi connectivity index (χ0v) is 10.9. The molecule has 1 heterocycles. The Morgan fingerprint density at radius 1 is 1.31 bits per heavy atom. The first-order valence-electron chi connectivity index (χ1n) is 3.93. The lowest BCUT2D eigenvalue weighted by molar-refractivity contribution is -0.131. The van der Waals surface area contributed by atoms with Gasteiger partial charge in [0.1, 0.15) is 0 Å². The molecule has 0 aromatic heterocycles. The molecule has 0 aromatic carbocycles. The van der Waals surface area contributed by atoms with Crippen LogP contribution < -0.4 is 0 Å². The molecule has 13 heavy (non-hydrogen) atoms. The van der Waals surface area contributed by atoms with Crippen LogP contribution in [0.3, 0.4) is 0 Å². The van der Waals surface area contributed by atoms with Gasteiger partial charge in [-0.2, -0.15) is 13.2 Å². The summed E-state index contributed by atoms with van der Waals surface area (Å²) in [5.74, 6) is 0. The van der Waals surface area contributed by atoms with Gasteiger partial charge < -0.3 is 12.3 Å². The van der Waals surface area contributed by atoms with Gasteiger partial charge >= 0.3 is 15.5 Å². The Labute approximate surface area is 79.9 Å². The summed E-state index contributed by atoms with van der Waals surface area (Å²) in [6.07, 6.45) is -4.89. The van der Waals surface area contributed by atoms with Crippen LogP contribution in [0.5, 0.6) is 0 Å². The summed E-state index contributed by atoms with van der Waals surface area (Å²) in [4.78, 5) is 0. The molecule has 0 bridgehead atoms. The fourth-order valence-corrected chi connectivity index (χ4v) is 8.86. The fraction of sp³-hybridized carbons (Fsp3) is 1.00. The van der Waals surface area contributed by atoms with Gasteiger partial charge in [0.15, 0.2) is 0 Å². The van der Waals surface area contributed by atoms with Gasteiger partial charge in [-0.05, 0) is 12.6 Å². The van der Waals surface area contributed by atoms with Crippen LogP contribution in [0, 0.1) is 0 Å². The molecule has 0 N–H and O–H groups in total. The van der Waals surface area contributed by atoms with Gasteiger partial charge in [0.25, 0.3) is 19.3 Å². The molecule has 78 valence electrons. The van der Waals surface area contributed by atoms with E-state index in [2.05, 4.69) is 0 Å². The predicted octanol–water partition coefficient (Wildman–Crippen LogP) is 0.0718. The summed E-state index contributed by atoms with van der Waals surface area (Å²) in [6.45, 7) is 1.82. The first kappa shape index (κ1) is 11.4. The summed E-state index contributed by atoms with van der Waals surface area (Å²) in [5, 5.41) is 0. The number of hydrogen-bond acceptors (Lipinski definition) is 3. The molecule has 0 radical (unpaired) electrons. The van der Waals surface area contributed by atoms with Crippen molar-refractivity contribution >= 4 is 28.6 Å². The summed E-state index contributed by atoms with van der Waals surface area (Å²) >= 11 is 0. The van der Waals surface area contributed by atoms with Crippen LogP contribution in [0.4, 0.5) is 13.2 Å². The summed E-state index contributed by atoms with van der Waals surface area (Å²) in [5.41, 5.74) is 0. The lowest BCUT2D eigenvalue weighted by Crippen LogP contribution is -2.41. The molecule has 0 saturated carbocycles. The van der Waals surface area contributed by atoms with E-state index >= 15 is 0 Å². The van der Waals surface area contributed by atoms with Gasteiger partial charge in [-0.3, -0.25) is 0 Å². The maximum absolute atomic E-state index is 11.8. The Morgan fingerprint density at radius 2 is 2.00 bits per heavy atom. The van der Waals surface area contributed by atoms with Crippen molar-refractivity contribution in [3.8, 4) is 0 Å². The summed E-state index contributed by atoms with van der Waals surface area (Å²) < 4.78 is 50.9. The molecule has 0 spiro atoms. The van der Waals surface area contributed by atoms with Gasteiger partial charge in [0.2, 0.25) is 0 Å². The SMILES string of the molecule is C[SiH]1O[SiH2]O[SiH](CCC(F)(F)F)O1. The third-order valence-corrected chi connectivity index (χ3v) is 9.52.